The van der Waals surface area contributed by atoms with Crippen LogP contribution in [-0.2, 0) is 16.9 Å². The van der Waals surface area contributed by atoms with Gasteiger partial charge in [-0.3, -0.25) is 4.68 Å². The molecule has 146 valence electrons. The van der Waals surface area contributed by atoms with Crippen LogP contribution >= 0.6 is 11.8 Å². The second-order valence-electron chi connectivity index (χ2n) is 5.68. The molecule has 1 aromatic carbocycles. The maximum Gasteiger partial charge on any atom is 0.199 e. The first-order chi connectivity index (χ1) is 13.4. The summed E-state index contributed by atoms with van der Waals surface area (Å²) in [7, 11) is -0.297. The maximum atomic E-state index is 12.6. The minimum Gasteiger partial charge on any atom is -0.497 e. The lowest BCUT2D eigenvalue weighted by Gasteiger charge is -2.07. The Kier molecular flexibility index (Phi) is 6.00. The minimum absolute atomic E-state index is 0.172. The van der Waals surface area contributed by atoms with Gasteiger partial charge >= 0.3 is 0 Å². The predicted molar refractivity (Wildman–Crippen MR) is 110 cm³/mol. The molecule has 0 bridgehead atoms. The van der Waals surface area contributed by atoms with Crippen molar-refractivity contribution in [2.75, 3.05) is 18.7 Å². The van der Waals surface area contributed by atoms with E-state index in [4.69, 9.17) is 4.74 Å². The number of sulfone groups is 1. The fourth-order valence-corrected chi connectivity index (χ4v) is 3.64. The molecule has 0 amide bonds. The van der Waals surface area contributed by atoms with Crippen molar-refractivity contribution in [1.82, 2.24) is 19.7 Å². The van der Waals surface area contributed by atoms with Crippen molar-refractivity contribution in [3.63, 3.8) is 0 Å². The van der Waals surface area contributed by atoms with E-state index in [-0.39, 0.29) is 4.90 Å². The molecule has 2 aromatic heterocycles. The molecule has 8 nitrogen and oxygen atoms in total. The lowest BCUT2D eigenvalue weighted by Crippen LogP contribution is -2.01. The maximum absolute atomic E-state index is 12.6. The Morgan fingerprint density at radius 2 is 1.96 bits per heavy atom. The zero-order chi connectivity index (χ0) is 20.1. The Balaban J connectivity index is 1.91. The highest BCUT2D eigenvalue weighted by atomic mass is 32.2. The summed E-state index contributed by atoms with van der Waals surface area (Å²) in [5, 5.41) is 9.06. The number of methoxy groups -OCH3 is 1. The van der Waals surface area contributed by atoms with E-state index in [1.807, 2.05) is 6.26 Å². The van der Waals surface area contributed by atoms with Crippen molar-refractivity contribution in [3.05, 3.63) is 53.7 Å². The number of thioether (sulfide) groups is 1. The summed E-state index contributed by atoms with van der Waals surface area (Å²) in [5.74, 6) is 1.66. The fraction of sp³-hybridized carbons (Fsp3) is 0.167. The number of hydrogen-bond donors (Lipinski definition) is 1. The van der Waals surface area contributed by atoms with Crippen LogP contribution in [0.3, 0.4) is 0 Å². The van der Waals surface area contributed by atoms with Crippen LogP contribution < -0.4 is 10.1 Å². The third-order valence-electron chi connectivity index (χ3n) is 3.75. The van der Waals surface area contributed by atoms with Gasteiger partial charge in [-0.25, -0.2) is 18.4 Å². The van der Waals surface area contributed by atoms with Crippen molar-refractivity contribution < 1.29 is 13.2 Å². The van der Waals surface area contributed by atoms with E-state index in [0.717, 1.165) is 5.41 Å². The lowest BCUT2D eigenvalue weighted by atomic mass is 10.3. The van der Waals surface area contributed by atoms with Gasteiger partial charge in [0.05, 0.1) is 12.0 Å². The van der Waals surface area contributed by atoms with Crippen LogP contribution in [0, 0.1) is 0 Å². The molecule has 3 aromatic rings. The van der Waals surface area contributed by atoms with Gasteiger partial charge in [0.2, 0.25) is 0 Å². The average Bonchev–Trinajstić information content (AvgIpc) is 3.11. The van der Waals surface area contributed by atoms with Gasteiger partial charge in [-0.2, -0.15) is 5.10 Å². The largest absolute Gasteiger partial charge is 0.497 e. The smallest absolute Gasteiger partial charge is 0.199 e. The van der Waals surface area contributed by atoms with Crippen LogP contribution in [0.15, 0.2) is 58.2 Å². The third-order valence-corrected chi connectivity index (χ3v) is 5.74. The van der Waals surface area contributed by atoms with Crippen molar-refractivity contribution in [3.8, 4) is 5.75 Å². The molecule has 0 saturated carbocycles. The molecule has 0 atom stereocenters. The molecule has 0 spiro atoms. The van der Waals surface area contributed by atoms with E-state index in [0.29, 0.717) is 28.1 Å². The zero-order valence-corrected chi connectivity index (χ0v) is 17.2. The molecule has 1 N–H and O–H groups in total. The Labute approximate surface area is 167 Å². The van der Waals surface area contributed by atoms with Gasteiger partial charge in [0.25, 0.3) is 0 Å². The second-order valence-corrected chi connectivity index (χ2v) is 8.29. The molecule has 0 aliphatic heterocycles. The molecular formula is C18H19N5O3S2. The van der Waals surface area contributed by atoms with Crippen LogP contribution in [0.25, 0.3) is 6.08 Å². The highest BCUT2D eigenvalue weighted by molar-refractivity contribution is 7.98. The Morgan fingerprint density at radius 3 is 2.57 bits per heavy atom. The highest BCUT2D eigenvalue weighted by Gasteiger charge is 2.12. The summed E-state index contributed by atoms with van der Waals surface area (Å²) in [6, 6.07) is 8.00. The molecule has 10 heteroatoms. The molecule has 28 heavy (non-hydrogen) atoms. The molecule has 0 saturated heterocycles. The Hall–Kier alpha value is -2.85. The summed E-state index contributed by atoms with van der Waals surface area (Å²) < 4.78 is 31.9. The first kappa shape index (κ1) is 19.9. The molecule has 0 radical (unpaired) electrons. The molecule has 0 aliphatic rings. The summed E-state index contributed by atoms with van der Waals surface area (Å²) >= 11 is 1.39. The number of aromatic nitrogens is 4. The summed E-state index contributed by atoms with van der Waals surface area (Å²) in [5.41, 5.74) is 0.528. The predicted octanol–water partition coefficient (Wildman–Crippen LogP) is 3.13. The molecular weight excluding hydrogens is 398 g/mol. The summed E-state index contributed by atoms with van der Waals surface area (Å²) in [4.78, 5) is 8.82. The quantitative estimate of drug-likeness (QED) is 0.462. The number of aryl methyl sites for hydroxylation is 1. The number of rotatable bonds is 7. The van der Waals surface area contributed by atoms with Crippen molar-refractivity contribution in [2.45, 2.75) is 10.1 Å². The monoisotopic (exact) mass is 417 g/mol. The Bertz CT molecular complexity index is 1090. The van der Waals surface area contributed by atoms with E-state index < -0.39 is 9.84 Å². The Morgan fingerprint density at radius 1 is 1.21 bits per heavy atom. The van der Waals surface area contributed by atoms with Crippen LogP contribution in [0.1, 0.15) is 5.56 Å². The van der Waals surface area contributed by atoms with Crippen LogP contribution in [0.4, 0.5) is 11.6 Å². The zero-order valence-electron chi connectivity index (χ0n) is 15.5. The van der Waals surface area contributed by atoms with Crippen molar-refractivity contribution >= 4 is 39.3 Å². The van der Waals surface area contributed by atoms with E-state index >= 15 is 0 Å². The number of nitrogens with zero attached hydrogens (tertiary/aromatic N) is 4. The van der Waals surface area contributed by atoms with Gasteiger partial charge in [-0.1, -0.05) is 11.8 Å². The van der Waals surface area contributed by atoms with E-state index in [2.05, 4.69) is 20.4 Å². The first-order valence-corrected chi connectivity index (χ1v) is 10.9. The number of benzene rings is 1. The van der Waals surface area contributed by atoms with Crippen molar-refractivity contribution in [2.24, 2.45) is 7.05 Å². The fourth-order valence-electron chi connectivity index (χ4n) is 2.31. The standard InChI is InChI=1S/C18H19N5O3S2/c1-23-10-8-16(22-23)20-17-13(12-19-18(21-17)27-3)9-11-28(24,25)15-6-4-14(26-2)5-7-15/h4-12H,1-3H3,(H,19,20,21,22)/b11-9+. The lowest BCUT2D eigenvalue weighted by molar-refractivity contribution is 0.414. The number of ether oxygens (including phenoxy) is 1. The topological polar surface area (TPSA) is 99.0 Å². The third kappa shape index (κ3) is 4.70. The van der Waals surface area contributed by atoms with Crippen molar-refractivity contribution in [1.29, 1.82) is 0 Å². The van der Waals surface area contributed by atoms with E-state index in [1.165, 1.54) is 37.1 Å². The van der Waals surface area contributed by atoms with Crippen LogP contribution in [0.5, 0.6) is 5.75 Å². The van der Waals surface area contributed by atoms with Gasteiger partial charge in [0.1, 0.15) is 11.6 Å². The molecule has 0 unspecified atom stereocenters. The minimum atomic E-state index is -3.63. The molecule has 3 rings (SSSR count). The number of anilines is 2. The summed E-state index contributed by atoms with van der Waals surface area (Å²) in [6.45, 7) is 0. The van der Waals surface area contributed by atoms with Gasteiger partial charge < -0.3 is 10.1 Å². The van der Waals surface area contributed by atoms with E-state index in [9.17, 15) is 8.42 Å². The van der Waals surface area contributed by atoms with E-state index in [1.54, 1.807) is 42.3 Å². The average molecular weight is 418 g/mol. The van der Waals surface area contributed by atoms with Gasteiger partial charge in [0.15, 0.2) is 20.8 Å². The van der Waals surface area contributed by atoms with Gasteiger partial charge in [0, 0.05) is 36.5 Å². The van der Waals surface area contributed by atoms with Gasteiger partial charge in [-0.15, -0.1) is 0 Å². The van der Waals surface area contributed by atoms with Crippen LogP contribution in [0.2, 0.25) is 0 Å². The van der Waals surface area contributed by atoms with Crippen LogP contribution in [-0.4, -0.2) is 41.5 Å². The molecule has 0 aliphatic carbocycles. The van der Waals surface area contributed by atoms with Gasteiger partial charge in [-0.05, 0) is 36.6 Å². The normalized spacial score (nSPS) is 11.7. The first-order valence-electron chi connectivity index (χ1n) is 8.16. The molecule has 0 fully saturated rings. The summed E-state index contributed by atoms with van der Waals surface area (Å²) in [6.07, 6.45) is 6.70. The number of nitrogens with one attached hydrogen (secondary N) is 1. The number of hydrogen-bond acceptors (Lipinski definition) is 8. The highest BCUT2D eigenvalue weighted by Crippen LogP contribution is 2.23. The SMILES string of the molecule is COc1ccc(S(=O)(=O)/C=C/c2cnc(SC)nc2Nc2ccn(C)n2)cc1. The second kappa shape index (κ2) is 8.44. The molecule has 2 heterocycles.